The van der Waals surface area contributed by atoms with Crippen molar-refractivity contribution in [1.82, 2.24) is 0 Å². The molecule has 0 bridgehead atoms. The topological polar surface area (TPSA) is 69.7 Å². The maximum Gasteiger partial charge on any atom is 0.178 e. The summed E-state index contributed by atoms with van der Waals surface area (Å²) < 4.78 is 34.9. The minimum absolute atomic E-state index is 0.112. The van der Waals surface area contributed by atoms with Gasteiger partial charge in [-0.05, 0) is 31.2 Å². The molecule has 0 aromatic heterocycles. The van der Waals surface area contributed by atoms with Crippen LogP contribution in [0, 0.1) is 6.92 Å². The Bertz CT molecular complexity index is 823. The molecule has 0 heterocycles. The van der Waals surface area contributed by atoms with Crippen molar-refractivity contribution in [2.24, 2.45) is 0 Å². The summed E-state index contributed by atoms with van der Waals surface area (Å²) in [7, 11) is -0.528. The van der Waals surface area contributed by atoms with E-state index in [0.717, 1.165) is 5.56 Å². The zero-order valence-corrected chi connectivity index (χ0v) is 14.7. The zero-order chi connectivity index (χ0) is 17.7. The number of carbonyl (C=O) groups excluding carboxylic acids is 1. The average Bonchev–Trinajstić information content (AvgIpc) is 2.59. The molecule has 0 N–H and O–H groups in total. The van der Waals surface area contributed by atoms with Crippen LogP contribution in [0.2, 0.25) is 0 Å². The highest BCUT2D eigenvalue weighted by Crippen LogP contribution is 2.26. The molecule has 0 saturated heterocycles. The molecule has 0 aliphatic heterocycles. The Balaban J connectivity index is 2.14. The molecule has 0 aliphatic rings. The first-order chi connectivity index (χ1) is 11.4. The quantitative estimate of drug-likeness (QED) is 0.719. The lowest BCUT2D eigenvalue weighted by molar-refractivity contribution is 0.0986. The molecule has 2 aromatic carbocycles. The van der Waals surface area contributed by atoms with Gasteiger partial charge in [-0.3, -0.25) is 4.79 Å². The summed E-state index contributed by atoms with van der Waals surface area (Å²) in [5.41, 5.74) is 1.32. The highest BCUT2D eigenvalue weighted by molar-refractivity contribution is 7.91. The molecule has 0 saturated carbocycles. The molecule has 6 heteroatoms. The summed E-state index contributed by atoms with van der Waals surface area (Å²) in [4.78, 5) is 12.6. The van der Waals surface area contributed by atoms with Gasteiger partial charge in [0.1, 0.15) is 11.5 Å². The third-order valence-electron chi connectivity index (χ3n) is 3.69. The van der Waals surface area contributed by atoms with Gasteiger partial charge in [0.2, 0.25) is 0 Å². The van der Waals surface area contributed by atoms with E-state index >= 15 is 0 Å². The van der Waals surface area contributed by atoms with Crippen molar-refractivity contribution in [3.8, 4) is 11.5 Å². The van der Waals surface area contributed by atoms with E-state index in [1.807, 2.05) is 6.92 Å². The highest BCUT2D eigenvalue weighted by Gasteiger charge is 2.19. The molecule has 0 fully saturated rings. The fourth-order valence-corrected chi connectivity index (χ4v) is 3.49. The molecule has 0 radical (unpaired) electrons. The van der Waals surface area contributed by atoms with Crippen LogP contribution in [-0.4, -0.2) is 34.2 Å². The van der Waals surface area contributed by atoms with Crippen molar-refractivity contribution in [2.45, 2.75) is 18.2 Å². The van der Waals surface area contributed by atoms with E-state index in [-0.39, 0.29) is 22.9 Å². The van der Waals surface area contributed by atoms with Gasteiger partial charge < -0.3 is 9.47 Å². The van der Waals surface area contributed by atoms with Crippen molar-refractivity contribution in [2.75, 3.05) is 20.0 Å². The van der Waals surface area contributed by atoms with Crippen LogP contribution in [0.15, 0.2) is 47.4 Å². The van der Waals surface area contributed by atoms with Gasteiger partial charge >= 0.3 is 0 Å². The van der Waals surface area contributed by atoms with Crippen molar-refractivity contribution >= 4 is 15.6 Å². The molecule has 0 amide bonds. The van der Waals surface area contributed by atoms with Crippen molar-refractivity contribution < 1.29 is 22.7 Å². The second-order valence-corrected chi connectivity index (χ2v) is 7.48. The smallest absolute Gasteiger partial charge is 0.178 e. The number of ether oxygens (including phenoxy) is 2. The molecule has 2 rings (SSSR count). The number of hydrogen-bond donors (Lipinski definition) is 0. The number of carbonyl (C=O) groups is 1. The number of methoxy groups -OCH3 is 2. The molecule has 2 aromatic rings. The molecule has 0 aliphatic carbocycles. The van der Waals surface area contributed by atoms with Gasteiger partial charge in [0.05, 0.1) is 30.4 Å². The molecular formula is C18H20O5S. The minimum Gasteiger partial charge on any atom is -0.497 e. The van der Waals surface area contributed by atoms with Crippen LogP contribution in [-0.2, 0) is 9.84 Å². The lowest BCUT2D eigenvalue weighted by Gasteiger charge is -2.10. The summed E-state index contributed by atoms with van der Waals surface area (Å²) in [5.74, 6) is 0.400. The maximum atomic E-state index is 12.4. The summed E-state index contributed by atoms with van der Waals surface area (Å²) in [6.07, 6.45) is -0.112. The highest BCUT2D eigenvalue weighted by atomic mass is 32.2. The Hall–Kier alpha value is -2.34. The predicted molar refractivity (Wildman–Crippen MR) is 91.7 cm³/mol. The number of sulfone groups is 1. The van der Waals surface area contributed by atoms with E-state index < -0.39 is 9.84 Å². The SMILES string of the molecule is COc1ccc(C(=O)CCS(=O)(=O)c2ccc(C)cc2)c(OC)c1. The molecule has 24 heavy (non-hydrogen) atoms. The van der Waals surface area contributed by atoms with Gasteiger partial charge in [0.25, 0.3) is 0 Å². The van der Waals surface area contributed by atoms with Gasteiger partial charge in [-0.15, -0.1) is 0 Å². The monoisotopic (exact) mass is 348 g/mol. The molecule has 5 nitrogen and oxygen atoms in total. The van der Waals surface area contributed by atoms with Crippen LogP contribution in [0.4, 0.5) is 0 Å². The predicted octanol–water partition coefficient (Wildman–Crippen LogP) is 3.06. The fourth-order valence-electron chi connectivity index (χ4n) is 2.25. The Morgan fingerprint density at radius 1 is 1.00 bits per heavy atom. The van der Waals surface area contributed by atoms with Crippen molar-refractivity contribution in [3.63, 3.8) is 0 Å². The first-order valence-corrected chi connectivity index (χ1v) is 9.07. The van der Waals surface area contributed by atoms with Crippen LogP contribution < -0.4 is 9.47 Å². The van der Waals surface area contributed by atoms with Crippen LogP contribution >= 0.6 is 0 Å². The lowest BCUT2D eigenvalue weighted by atomic mass is 10.1. The minimum atomic E-state index is -3.50. The Morgan fingerprint density at radius 3 is 2.25 bits per heavy atom. The molecule has 0 unspecified atom stereocenters. The third-order valence-corrected chi connectivity index (χ3v) is 5.42. The largest absolute Gasteiger partial charge is 0.497 e. The van der Waals surface area contributed by atoms with Crippen LogP contribution in [0.3, 0.4) is 0 Å². The van der Waals surface area contributed by atoms with Crippen LogP contribution in [0.1, 0.15) is 22.3 Å². The second-order valence-electron chi connectivity index (χ2n) is 5.37. The Morgan fingerprint density at radius 2 is 1.67 bits per heavy atom. The number of ketones is 1. The van der Waals surface area contributed by atoms with Gasteiger partial charge in [-0.1, -0.05) is 17.7 Å². The maximum absolute atomic E-state index is 12.4. The van der Waals surface area contributed by atoms with Crippen molar-refractivity contribution in [3.05, 3.63) is 53.6 Å². The molecular weight excluding hydrogens is 328 g/mol. The number of benzene rings is 2. The second kappa shape index (κ2) is 7.49. The third kappa shape index (κ3) is 4.14. The Labute approximate surface area is 142 Å². The molecule has 0 atom stereocenters. The standard InChI is InChI=1S/C18H20O5S/c1-13-4-7-15(8-5-13)24(20,21)11-10-17(19)16-9-6-14(22-2)12-18(16)23-3/h4-9,12H,10-11H2,1-3H3. The van der Waals surface area contributed by atoms with E-state index in [1.54, 1.807) is 42.5 Å². The number of hydrogen-bond acceptors (Lipinski definition) is 5. The van der Waals surface area contributed by atoms with E-state index in [1.165, 1.54) is 14.2 Å². The van der Waals surface area contributed by atoms with Crippen LogP contribution in [0.25, 0.3) is 0 Å². The van der Waals surface area contributed by atoms with Crippen molar-refractivity contribution in [1.29, 1.82) is 0 Å². The van der Waals surface area contributed by atoms with Gasteiger partial charge in [0, 0.05) is 12.5 Å². The Kier molecular flexibility index (Phi) is 5.62. The first kappa shape index (κ1) is 18.0. The lowest BCUT2D eigenvalue weighted by Crippen LogP contribution is -2.12. The summed E-state index contributed by atoms with van der Waals surface area (Å²) in [5, 5.41) is 0. The summed E-state index contributed by atoms with van der Waals surface area (Å²) in [6.45, 7) is 1.88. The number of aryl methyl sites for hydroxylation is 1. The van der Waals surface area contributed by atoms with Gasteiger partial charge in [-0.25, -0.2) is 8.42 Å². The average molecular weight is 348 g/mol. The first-order valence-electron chi connectivity index (χ1n) is 7.42. The zero-order valence-electron chi connectivity index (χ0n) is 13.9. The van der Waals surface area contributed by atoms with E-state index in [0.29, 0.717) is 17.1 Å². The fraction of sp³-hybridized carbons (Fsp3) is 0.278. The number of Topliss-reactive ketones (excluding diaryl/α,β-unsaturated/α-hetero) is 1. The van der Waals surface area contributed by atoms with E-state index in [4.69, 9.17) is 9.47 Å². The molecule has 128 valence electrons. The summed E-state index contributed by atoms with van der Waals surface area (Å²) in [6, 6.07) is 11.4. The van der Waals surface area contributed by atoms with Crippen LogP contribution in [0.5, 0.6) is 11.5 Å². The van der Waals surface area contributed by atoms with E-state index in [9.17, 15) is 13.2 Å². The van der Waals surface area contributed by atoms with Gasteiger partial charge in [0.15, 0.2) is 15.6 Å². The normalized spacial score (nSPS) is 11.1. The van der Waals surface area contributed by atoms with E-state index in [2.05, 4.69) is 0 Å². The molecule has 0 spiro atoms. The summed E-state index contributed by atoms with van der Waals surface area (Å²) >= 11 is 0. The van der Waals surface area contributed by atoms with Gasteiger partial charge in [-0.2, -0.15) is 0 Å². The number of rotatable bonds is 7.